The van der Waals surface area contributed by atoms with Gasteiger partial charge in [-0.25, -0.2) is 0 Å². The summed E-state index contributed by atoms with van der Waals surface area (Å²) in [7, 11) is 0. The number of hydrogen-bond donors (Lipinski definition) is 1. The number of hydrogen-bond acceptors (Lipinski definition) is 6. The first-order chi connectivity index (χ1) is 9.40. The molecule has 3 aliphatic heterocycles. The summed E-state index contributed by atoms with van der Waals surface area (Å²) in [6, 6.07) is 0.850. The minimum absolute atomic E-state index is 0.0201. The Hall–Kier alpha value is -0.980. The zero-order valence-electron chi connectivity index (χ0n) is 11.0. The molecule has 0 saturated carbocycles. The molecule has 0 spiro atoms. The van der Waals surface area contributed by atoms with E-state index >= 15 is 0 Å². The Kier molecular flexibility index (Phi) is 3.01. The van der Waals surface area contributed by atoms with E-state index in [1.54, 1.807) is 0 Å². The molecular formula is C13H20N4O2. The number of morpholine rings is 1. The first-order valence-corrected chi connectivity index (χ1v) is 7.33. The van der Waals surface area contributed by atoms with Gasteiger partial charge in [-0.2, -0.15) is 4.98 Å². The minimum atomic E-state index is -0.0201. The second kappa shape index (κ2) is 4.85. The molecular weight excluding hydrogens is 244 g/mol. The molecule has 0 aromatic carbocycles. The molecule has 2 unspecified atom stereocenters. The molecule has 4 heterocycles. The van der Waals surface area contributed by atoms with Crippen LogP contribution in [-0.4, -0.2) is 47.3 Å². The van der Waals surface area contributed by atoms with Gasteiger partial charge in [-0.3, -0.25) is 4.90 Å². The van der Waals surface area contributed by atoms with E-state index in [0.717, 1.165) is 32.0 Å². The van der Waals surface area contributed by atoms with E-state index in [4.69, 9.17) is 9.26 Å². The fourth-order valence-corrected chi connectivity index (χ4v) is 3.39. The Balaban J connectivity index is 1.47. The van der Waals surface area contributed by atoms with Gasteiger partial charge in [0, 0.05) is 12.6 Å². The molecule has 0 bridgehead atoms. The van der Waals surface area contributed by atoms with Crippen LogP contribution in [0.15, 0.2) is 4.52 Å². The van der Waals surface area contributed by atoms with Crippen LogP contribution in [0.4, 0.5) is 0 Å². The van der Waals surface area contributed by atoms with Crippen LogP contribution in [0.2, 0.25) is 0 Å². The Bertz CT molecular complexity index is 444. The quantitative estimate of drug-likeness (QED) is 0.861. The summed E-state index contributed by atoms with van der Waals surface area (Å²) in [6.45, 7) is 3.93. The highest BCUT2D eigenvalue weighted by atomic mass is 16.5. The molecule has 1 aromatic rings. The monoisotopic (exact) mass is 264 g/mol. The number of fused-ring (bicyclic) bond motifs is 1. The van der Waals surface area contributed by atoms with E-state index in [9.17, 15) is 0 Å². The molecule has 3 atom stereocenters. The van der Waals surface area contributed by atoms with Gasteiger partial charge < -0.3 is 14.6 Å². The average Bonchev–Trinajstić information content (AvgIpc) is 3.18. The van der Waals surface area contributed by atoms with Crippen LogP contribution >= 0.6 is 0 Å². The summed E-state index contributed by atoms with van der Waals surface area (Å²) >= 11 is 0. The molecule has 0 radical (unpaired) electrons. The van der Waals surface area contributed by atoms with Crippen molar-refractivity contribution in [2.45, 2.75) is 43.9 Å². The van der Waals surface area contributed by atoms with Gasteiger partial charge in [-0.15, -0.1) is 0 Å². The highest BCUT2D eigenvalue weighted by Crippen LogP contribution is 2.30. The second-order valence-electron chi connectivity index (χ2n) is 5.75. The van der Waals surface area contributed by atoms with E-state index < -0.39 is 0 Å². The van der Waals surface area contributed by atoms with E-state index in [2.05, 4.69) is 20.4 Å². The summed E-state index contributed by atoms with van der Waals surface area (Å²) in [4.78, 5) is 7.04. The van der Waals surface area contributed by atoms with Crippen molar-refractivity contribution in [3.63, 3.8) is 0 Å². The van der Waals surface area contributed by atoms with Crippen LogP contribution in [0, 0.1) is 0 Å². The normalized spacial score (nSPS) is 35.7. The number of rotatable bonds is 2. The number of aromatic nitrogens is 2. The third-order valence-corrected chi connectivity index (χ3v) is 4.49. The highest BCUT2D eigenvalue weighted by Gasteiger charge is 2.35. The number of ether oxygens (including phenoxy) is 1. The molecule has 3 aliphatic rings. The summed E-state index contributed by atoms with van der Waals surface area (Å²) in [5, 5.41) is 7.50. The molecule has 104 valence electrons. The first-order valence-electron chi connectivity index (χ1n) is 7.33. The lowest BCUT2D eigenvalue weighted by molar-refractivity contribution is -0.0548. The van der Waals surface area contributed by atoms with Crippen LogP contribution in [0.25, 0.3) is 0 Å². The maximum Gasteiger partial charge on any atom is 0.243 e. The van der Waals surface area contributed by atoms with Crippen molar-refractivity contribution in [3.8, 4) is 0 Å². The Morgan fingerprint density at radius 2 is 2.26 bits per heavy atom. The highest BCUT2D eigenvalue weighted by molar-refractivity contribution is 5.00. The molecule has 0 aliphatic carbocycles. The van der Waals surface area contributed by atoms with Crippen molar-refractivity contribution in [1.82, 2.24) is 20.4 Å². The topological polar surface area (TPSA) is 63.4 Å². The van der Waals surface area contributed by atoms with Gasteiger partial charge >= 0.3 is 0 Å². The van der Waals surface area contributed by atoms with Crippen molar-refractivity contribution in [2.75, 3.05) is 26.2 Å². The maximum atomic E-state index is 5.91. The van der Waals surface area contributed by atoms with Crippen molar-refractivity contribution >= 4 is 0 Å². The fraction of sp³-hybridized carbons (Fsp3) is 0.846. The van der Waals surface area contributed by atoms with Crippen molar-refractivity contribution < 1.29 is 9.26 Å². The molecule has 1 N–H and O–H groups in total. The van der Waals surface area contributed by atoms with Gasteiger partial charge in [0.25, 0.3) is 0 Å². The average molecular weight is 264 g/mol. The Labute approximate surface area is 112 Å². The van der Waals surface area contributed by atoms with E-state index in [-0.39, 0.29) is 12.1 Å². The smallest absolute Gasteiger partial charge is 0.243 e. The largest absolute Gasteiger partial charge is 0.367 e. The van der Waals surface area contributed by atoms with Crippen molar-refractivity contribution in [2.24, 2.45) is 0 Å². The third-order valence-electron chi connectivity index (χ3n) is 4.49. The zero-order chi connectivity index (χ0) is 12.7. The lowest BCUT2D eigenvalue weighted by atomic mass is 10.2. The lowest BCUT2D eigenvalue weighted by Crippen LogP contribution is -2.42. The van der Waals surface area contributed by atoms with Gasteiger partial charge in [0.2, 0.25) is 11.7 Å². The van der Waals surface area contributed by atoms with Crippen LogP contribution in [0.5, 0.6) is 0 Å². The van der Waals surface area contributed by atoms with E-state index in [1.807, 2.05) is 0 Å². The van der Waals surface area contributed by atoms with Gasteiger partial charge in [-0.05, 0) is 38.8 Å². The van der Waals surface area contributed by atoms with Crippen LogP contribution in [0.3, 0.4) is 0 Å². The molecule has 0 amide bonds. The predicted molar refractivity (Wildman–Crippen MR) is 67.6 cm³/mol. The number of nitrogens with zero attached hydrogens (tertiary/aromatic N) is 3. The van der Waals surface area contributed by atoms with E-state index in [1.165, 1.54) is 25.8 Å². The molecule has 4 rings (SSSR count). The van der Waals surface area contributed by atoms with E-state index in [0.29, 0.717) is 11.9 Å². The lowest BCUT2D eigenvalue weighted by Gasteiger charge is -2.33. The fourth-order valence-electron chi connectivity index (χ4n) is 3.39. The Morgan fingerprint density at radius 1 is 1.26 bits per heavy atom. The molecule has 6 heteroatoms. The summed E-state index contributed by atoms with van der Waals surface area (Å²) in [6.07, 6.45) is 4.78. The molecule has 1 aromatic heterocycles. The van der Waals surface area contributed by atoms with Crippen LogP contribution < -0.4 is 5.32 Å². The van der Waals surface area contributed by atoms with Gasteiger partial charge in [0.05, 0.1) is 12.6 Å². The maximum absolute atomic E-state index is 5.91. The molecule has 19 heavy (non-hydrogen) atoms. The zero-order valence-corrected chi connectivity index (χ0v) is 11.0. The number of nitrogens with one attached hydrogen (secondary N) is 1. The Morgan fingerprint density at radius 3 is 3.16 bits per heavy atom. The standard InChI is InChI=1S/C13H20N4O2/c1-4-10(14-5-1)13-15-12(16-19-13)11-7-17-6-2-3-9(17)8-18-11/h9-11,14H,1-8H2/t9?,10-,11?/m1/s1. The second-order valence-corrected chi connectivity index (χ2v) is 5.75. The van der Waals surface area contributed by atoms with Crippen molar-refractivity contribution in [3.05, 3.63) is 11.7 Å². The first kappa shape index (κ1) is 11.8. The molecule has 3 saturated heterocycles. The molecule has 3 fully saturated rings. The van der Waals surface area contributed by atoms with Gasteiger partial charge in [0.1, 0.15) is 6.10 Å². The molecule has 6 nitrogen and oxygen atoms in total. The van der Waals surface area contributed by atoms with Crippen LogP contribution in [0.1, 0.15) is 49.5 Å². The van der Waals surface area contributed by atoms with Gasteiger partial charge in [0.15, 0.2) is 0 Å². The van der Waals surface area contributed by atoms with Crippen molar-refractivity contribution in [1.29, 1.82) is 0 Å². The van der Waals surface area contributed by atoms with Gasteiger partial charge in [-0.1, -0.05) is 5.16 Å². The summed E-state index contributed by atoms with van der Waals surface area (Å²) in [5.74, 6) is 1.44. The third kappa shape index (κ3) is 2.17. The minimum Gasteiger partial charge on any atom is -0.367 e. The predicted octanol–water partition coefficient (Wildman–Crippen LogP) is 1.03. The SMILES string of the molecule is C1CN[C@@H](c2nc(C3CN4CCCC4CO3)no2)C1. The summed E-state index contributed by atoms with van der Waals surface area (Å²) in [5.41, 5.74) is 0. The summed E-state index contributed by atoms with van der Waals surface area (Å²) < 4.78 is 11.3. The van der Waals surface area contributed by atoms with Crippen LogP contribution in [-0.2, 0) is 4.74 Å².